The van der Waals surface area contributed by atoms with Crippen LogP contribution in [0.5, 0.6) is 5.75 Å². The molecule has 0 bridgehead atoms. The van der Waals surface area contributed by atoms with Crippen LogP contribution in [0.1, 0.15) is 47.6 Å². The molecule has 0 radical (unpaired) electrons. The molecule has 2 aromatic rings. The number of nitrogens with two attached hydrogens (primary N) is 1. The fraction of sp³-hybridized carbons (Fsp3) is 0.438. The van der Waals surface area contributed by atoms with Crippen molar-refractivity contribution >= 4 is 11.3 Å². The largest absolute Gasteiger partial charge is 0.487 e. The van der Waals surface area contributed by atoms with E-state index in [1.165, 1.54) is 16.1 Å². The average Bonchev–Trinajstić information content (AvgIpc) is 3.04. The molecule has 0 aliphatic heterocycles. The van der Waals surface area contributed by atoms with Crippen LogP contribution in [0.3, 0.4) is 0 Å². The molecular weight excluding hydrogens is 268 g/mol. The fourth-order valence-electron chi connectivity index (χ4n) is 2.62. The van der Waals surface area contributed by atoms with Crippen molar-refractivity contribution in [1.82, 2.24) is 4.98 Å². The average molecular weight is 288 g/mol. The summed E-state index contributed by atoms with van der Waals surface area (Å²) in [4.78, 5) is 4.57. The van der Waals surface area contributed by atoms with Crippen molar-refractivity contribution in [1.29, 1.82) is 0 Å². The second kappa shape index (κ2) is 5.94. The van der Waals surface area contributed by atoms with E-state index in [9.17, 15) is 0 Å². The molecule has 3 rings (SSSR count). The summed E-state index contributed by atoms with van der Waals surface area (Å²) in [5, 5.41) is 3.29. The molecule has 3 nitrogen and oxygen atoms in total. The Bertz CT molecular complexity index is 594. The molecule has 0 saturated heterocycles. The molecule has 1 aliphatic rings. The summed E-state index contributed by atoms with van der Waals surface area (Å²) in [6.45, 7) is 2.72. The second-order valence-electron chi connectivity index (χ2n) is 5.28. The number of aromatic nitrogens is 1. The lowest BCUT2D eigenvalue weighted by atomic mass is 10.1. The molecule has 1 aromatic carbocycles. The van der Waals surface area contributed by atoms with Gasteiger partial charge in [0.1, 0.15) is 12.4 Å². The Morgan fingerprint density at radius 2 is 2.35 bits per heavy atom. The Balaban J connectivity index is 1.63. The molecule has 2 N–H and O–H groups in total. The highest BCUT2D eigenvalue weighted by molar-refractivity contribution is 7.09. The van der Waals surface area contributed by atoms with E-state index in [-0.39, 0.29) is 6.04 Å². The Morgan fingerprint density at radius 1 is 1.45 bits per heavy atom. The lowest BCUT2D eigenvalue weighted by molar-refractivity contribution is 0.301. The highest BCUT2D eigenvalue weighted by atomic mass is 32.1. The summed E-state index contributed by atoms with van der Waals surface area (Å²) in [5.41, 5.74) is 9.67. The summed E-state index contributed by atoms with van der Waals surface area (Å²) in [7, 11) is 0. The lowest BCUT2D eigenvalue weighted by Crippen LogP contribution is -2.05. The van der Waals surface area contributed by atoms with Gasteiger partial charge >= 0.3 is 0 Å². The summed E-state index contributed by atoms with van der Waals surface area (Å²) in [6, 6.07) is 6.45. The van der Waals surface area contributed by atoms with E-state index in [1.807, 2.05) is 6.07 Å². The standard InChI is InChI=1S/C16H20N2OS/c1-2-3-16-18-12(10-20-16)9-19-13-5-6-14-11(8-13)4-7-15(14)17/h5-6,8,10,15H,2-4,7,9,17H2,1H3/t15-/m1/s1. The fourth-order valence-corrected chi connectivity index (χ4v) is 3.50. The van der Waals surface area contributed by atoms with E-state index in [4.69, 9.17) is 10.5 Å². The highest BCUT2D eigenvalue weighted by Gasteiger charge is 2.19. The number of fused-ring (bicyclic) bond motifs is 1. The van der Waals surface area contributed by atoms with Gasteiger partial charge in [-0.25, -0.2) is 4.98 Å². The quantitative estimate of drug-likeness (QED) is 0.914. The molecule has 0 amide bonds. The van der Waals surface area contributed by atoms with Crippen molar-refractivity contribution in [2.24, 2.45) is 5.73 Å². The number of hydrogen-bond acceptors (Lipinski definition) is 4. The topological polar surface area (TPSA) is 48.1 Å². The van der Waals surface area contributed by atoms with Crippen molar-refractivity contribution in [3.05, 3.63) is 45.4 Å². The van der Waals surface area contributed by atoms with Crippen LogP contribution >= 0.6 is 11.3 Å². The van der Waals surface area contributed by atoms with Crippen LogP contribution in [0.25, 0.3) is 0 Å². The number of rotatable bonds is 5. The number of aryl methyl sites for hydroxylation is 2. The Hall–Kier alpha value is -1.39. The Kier molecular flexibility index (Phi) is 4.03. The predicted octanol–water partition coefficient (Wildman–Crippen LogP) is 3.62. The van der Waals surface area contributed by atoms with E-state index < -0.39 is 0 Å². The number of nitrogens with zero attached hydrogens (tertiary/aromatic N) is 1. The van der Waals surface area contributed by atoms with Crippen LogP contribution in [-0.2, 0) is 19.4 Å². The number of thiazole rings is 1. The molecule has 0 spiro atoms. The van der Waals surface area contributed by atoms with Gasteiger partial charge < -0.3 is 10.5 Å². The summed E-state index contributed by atoms with van der Waals surface area (Å²) in [5.74, 6) is 0.919. The third-order valence-corrected chi connectivity index (χ3v) is 4.65. The summed E-state index contributed by atoms with van der Waals surface area (Å²) >= 11 is 1.72. The Morgan fingerprint density at radius 3 is 3.20 bits per heavy atom. The van der Waals surface area contributed by atoms with Crippen LogP contribution in [-0.4, -0.2) is 4.98 Å². The smallest absolute Gasteiger partial charge is 0.131 e. The molecule has 0 unspecified atom stereocenters. The lowest BCUT2D eigenvalue weighted by Gasteiger charge is -2.08. The van der Waals surface area contributed by atoms with Crippen LogP contribution in [0.2, 0.25) is 0 Å². The van der Waals surface area contributed by atoms with Crippen LogP contribution < -0.4 is 10.5 Å². The van der Waals surface area contributed by atoms with Gasteiger partial charge in [0.05, 0.1) is 10.7 Å². The van der Waals surface area contributed by atoms with Crippen LogP contribution in [0.4, 0.5) is 0 Å². The van der Waals surface area contributed by atoms with E-state index in [1.54, 1.807) is 11.3 Å². The molecule has 1 aromatic heterocycles. The van der Waals surface area contributed by atoms with Gasteiger partial charge in [-0.1, -0.05) is 13.0 Å². The minimum absolute atomic E-state index is 0.203. The molecule has 4 heteroatoms. The molecular formula is C16H20N2OS. The maximum atomic E-state index is 6.04. The van der Waals surface area contributed by atoms with Crippen LogP contribution in [0.15, 0.2) is 23.6 Å². The molecule has 1 heterocycles. The minimum Gasteiger partial charge on any atom is -0.487 e. The monoisotopic (exact) mass is 288 g/mol. The summed E-state index contributed by atoms with van der Waals surface area (Å²) < 4.78 is 5.85. The van der Waals surface area contributed by atoms with Crippen molar-refractivity contribution in [3.63, 3.8) is 0 Å². The Labute approximate surface area is 123 Å². The van der Waals surface area contributed by atoms with Gasteiger partial charge in [0.25, 0.3) is 0 Å². The van der Waals surface area contributed by atoms with Crippen LogP contribution in [0, 0.1) is 0 Å². The van der Waals surface area contributed by atoms with Gasteiger partial charge in [-0.3, -0.25) is 0 Å². The SMILES string of the molecule is CCCc1nc(COc2ccc3c(c2)CC[C@H]3N)cs1. The number of benzene rings is 1. The van der Waals surface area contributed by atoms with Crippen molar-refractivity contribution in [2.45, 2.75) is 45.3 Å². The molecule has 0 fully saturated rings. The third kappa shape index (κ3) is 2.86. The molecule has 106 valence electrons. The van der Waals surface area contributed by atoms with Gasteiger partial charge in [-0.2, -0.15) is 0 Å². The maximum Gasteiger partial charge on any atom is 0.131 e. The van der Waals surface area contributed by atoms with Crippen molar-refractivity contribution in [3.8, 4) is 5.75 Å². The maximum absolute atomic E-state index is 6.04. The zero-order chi connectivity index (χ0) is 13.9. The van der Waals surface area contributed by atoms with E-state index in [0.717, 1.165) is 37.1 Å². The molecule has 20 heavy (non-hydrogen) atoms. The number of ether oxygens (including phenoxy) is 1. The third-order valence-electron chi connectivity index (χ3n) is 3.69. The molecule has 1 aliphatic carbocycles. The van der Waals surface area contributed by atoms with Gasteiger partial charge in [0.15, 0.2) is 0 Å². The van der Waals surface area contributed by atoms with E-state index in [0.29, 0.717) is 6.61 Å². The first-order valence-electron chi connectivity index (χ1n) is 7.20. The number of hydrogen-bond donors (Lipinski definition) is 1. The van der Waals surface area contributed by atoms with Gasteiger partial charge in [0.2, 0.25) is 0 Å². The zero-order valence-electron chi connectivity index (χ0n) is 11.8. The zero-order valence-corrected chi connectivity index (χ0v) is 12.6. The highest BCUT2D eigenvalue weighted by Crippen LogP contribution is 2.32. The minimum atomic E-state index is 0.203. The van der Waals surface area contributed by atoms with Crippen molar-refractivity contribution < 1.29 is 4.74 Å². The van der Waals surface area contributed by atoms with E-state index in [2.05, 4.69) is 29.4 Å². The first-order valence-corrected chi connectivity index (χ1v) is 8.08. The van der Waals surface area contributed by atoms with Crippen molar-refractivity contribution in [2.75, 3.05) is 0 Å². The van der Waals surface area contributed by atoms with Gasteiger partial charge in [-0.05, 0) is 48.9 Å². The second-order valence-corrected chi connectivity index (χ2v) is 6.22. The summed E-state index contributed by atoms with van der Waals surface area (Å²) in [6.07, 6.45) is 4.30. The van der Waals surface area contributed by atoms with Gasteiger partial charge in [-0.15, -0.1) is 11.3 Å². The normalized spacial score (nSPS) is 17.2. The first kappa shape index (κ1) is 13.6. The first-order chi connectivity index (χ1) is 9.76. The molecule has 1 atom stereocenters. The predicted molar refractivity (Wildman–Crippen MR) is 82.1 cm³/mol. The molecule has 0 saturated carbocycles. The van der Waals surface area contributed by atoms with Gasteiger partial charge in [0, 0.05) is 11.4 Å². The van der Waals surface area contributed by atoms with E-state index >= 15 is 0 Å².